The molecule has 0 saturated carbocycles. The summed E-state index contributed by atoms with van der Waals surface area (Å²) < 4.78 is 0. The molecule has 1 aliphatic rings. The van der Waals surface area contributed by atoms with Crippen LogP contribution in [0.5, 0.6) is 0 Å². The van der Waals surface area contributed by atoms with Gasteiger partial charge in [0.1, 0.15) is 0 Å². The maximum Gasteiger partial charge on any atom is 0.248 e. The molecule has 1 amide bonds. The molecule has 0 unspecified atom stereocenters. The molecule has 1 heterocycles. The summed E-state index contributed by atoms with van der Waals surface area (Å²) >= 11 is 0. The summed E-state index contributed by atoms with van der Waals surface area (Å²) in [6, 6.07) is 7.16. The van der Waals surface area contributed by atoms with Crippen molar-refractivity contribution in [3.8, 4) is 0 Å². The van der Waals surface area contributed by atoms with Gasteiger partial charge in [0.05, 0.1) is 6.54 Å². The number of likely N-dealkylation sites (tertiary alicyclic amines) is 1. The average Bonchev–Trinajstić information content (AvgIpc) is 2.74. The highest BCUT2D eigenvalue weighted by Crippen LogP contribution is 2.10. The normalized spacial score (nSPS) is 16.8. The van der Waals surface area contributed by atoms with E-state index in [2.05, 4.69) is 9.89 Å². The smallest absolute Gasteiger partial charge is 0.248 e. The number of carbonyl (C=O) groups is 1. The van der Waals surface area contributed by atoms with Crippen LogP contribution >= 0.6 is 0 Å². The van der Waals surface area contributed by atoms with Gasteiger partial charge in [-0.2, -0.15) is 0 Å². The van der Waals surface area contributed by atoms with Gasteiger partial charge in [-0.3, -0.25) is 4.79 Å². The second-order valence-electron chi connectivity index (χ2n) is 5.14. The van der Waals surface area contributed by atoms with Crippen LogP contribution in [0.1, 0.15) is 41.6 Å². The summed E-state index contributed by atoms with van der Waals surface area (Å²) in [6.07, 6.45) is 4.92. The maximum atomic E-state index is 11.0. The van der Waals surface area contributed by atoms with E-state index < -0.39 is 5.91 Å². The van der Waals surface area contributed by atoms with Gasteiger partial charge in [-0.25, -0.2) is 4.99 Å². The van der Waals surface area contributed by atoms with E-state index in [1.54, 1.807) is 12.1 Å². The lowest BCUT2D eigenvalue weighted by Gasteiger charge is -2.21. The van der Waals surface area contributed by atoms with Crippen molar-refractivity contribution >= 4 is 11.9 Å². The molecule has 1 fully saturated rings. The second-order valence-corrected chi connectivity index (χ2v) is 5.14. The molecule has 1 saturated heterocycles. The quantitative estimate of drug-likeness (QED) is 0.646. The van der Waals surface area contributed by atoms with Crippen molar-refractivity contribution in [1.29, 1.82) is 0 Å². The van der Waals surface area contributed by atoms with E-state index in [4.69, 9.17) is 11.5 Å². The van der Waals surface area contributed by atoms with Gasteiger partial charge in [0.15, 0.2) is 5.96 Å². The molecule has 1 aliphatic heterocycles. The number of benzene rings is 1. The zero-order valence-electron chi connectivity index (χ0n) is 11.7. The first-order valence-electron chi connectivity index (χ1n) is 7.10. The summed E-state index contributed by atoms with van der Waals surface area (Å²) in [5.74, 6) is 0.204. The Morgan fingerprint density at radius 3 is 2.20 bits per heavy atom. The van der Waals surface area contributed by atoms with Crippen LogP contribution in [-0.4, -0.2) is 29.9 Å². The number of carbonyl (C=O) groups excluding carboxylic acids is 1. The zero-order valence-corrected chi connectivity index (χ0v) is 11.7. The Kier molecular flexibility index (Phi) is 4.98. The number of nitrogens with two attached hydrogens (primary N) is 2. The number of hydrogen-bond acceptors (Lipinski definition) is 2. The number of primary amides is 1. The minimum atomic E-state index is -0.413. The Balaban J connectivity index is 1.95. The van der Waals surface area contributed by atoms with Crippen LogP contribution in [0.2, 0.25) is 0 Å². The number of hydrogen-bond donors (Lipinski definition) is 2. The van der Waals surface area contributed by atoms with Crippen molar-refractivity contribution in [2.24, 2.45) is 16.5 Å². The molecule has 108 valence electrons. The van der Waals surface area contributed by atoms with Crippen molar-refractivity contribution in [3.63, 3.8) is 0 Å². The molecule has 0 radical (unpaired) electrons. The molecule has 20 heavy (non-hydrogen) atoms. The predicted molar refractivity (Wildman–Crippen MR) is 80.3 cm³/mol. The molecule has 0 spiro atoms. The fourth-order valence-electron chi connectivity index (χ4n) is 2.35. The van der Waals surface area contributed by atoms with Crippen LogP contribution in [0, 0.1) is 0 Å². The van der Waals surface area contributed by atoms with E-state index in [1.165, 1.54) is 25.7 Å². The first-order valence-corrected chi connectivity index (χ1v) is 7.10. The topological polar surface area (TPSA) is 84.7 Å². The average molecular weight is 274 g/mol. The Hall–Kier alpha value is -2.04. The minimum Gasteiger partial charge on any atom is -0.370 e. The summed E-state index contributed by atoms with van der Waals surface area (Å²) in [4.78, 5) is 17.6. The molecule has 5 nitrogen and oxygen atoms in total. The van der Waals surface area contributed by atoms with Crippen LogP contribution in [0.25, 0.3) is 0 Å². The lowest BCUT2D eigenvalue weighted by Crippen LogP contribution is -2.38. The second kappa shape index (κ2) is 6.93. The number of nitrogens with zero attached hydrogens (tertiary/aromatic N) is 2. The number of rotatable bonds is 3. The van der Waals surface area contributed by atoms with Gasteiger partial charge in [0.2, 0.25) is 5.91 Å². The molecule has 4 N–H and O–H groups in total. The van der Waals surface area contributed by atoms with Crippen LogP contribution in [0.3, 0.4) is 0 Å². The Morgan fingerprint density at radius 2 is 1.65 bits per heavy atom. The van der Waals surface area contributed by atoms with Gasteiger partial charge >= 0.3 is 0 Å². The largest absolute Gasteiger partial charge is 0.370 e. The van der Waals surface area contributed by atoms with E-state index in [0.717, 1.165) is 18.7 Å². The fourth-order valence-corrected chi connectivity index (χ4v) is 2.35. The van der Waals surface area contributed by atoms with Crippen molar-refractivity contribution in [1.82, 2.24) is 4.90 Å². The summed E-state index contributed by atoms with van der Waals surface area (Å²) in [5.41, 5.74) is 12.8. The van der Waals surface area contributed by atoms with Crippen molar-refractivity contribution in [2.75, 3.05) is 13.1 Å². The molecule has 1 aromatic rings. The molecule has 2 rings (SSSR count). The third-order valence-electron chi connectivity index (χ3n) is 3.59. The molecule has 0 atom stereocenters. The van der Waals surface area contributed by atoms with Gasteiger partial charge in [0, 0.05) is 18.7 Å². The molecule has 1 aromatic carbocycles. The zero-order chi connectivity index (χ0) is 14.4. The highest BCUT2D eigenvalue weighted by Gasteiger charge is 2.10. The first kappa shape index (κ1) is 14.4. The number of aliphatic imine (C=N–C) groups is 1. The van der Waals surface area contributed by atoms with Crippen LogP contribution < -0.4 is 11.5 Å². The Bertz CT molecular complexity index is 473. The molecular formula is C15H22N4O. The third kappa shape index (κ3) is 3.98. The Labute approximate surface area is 119 Å². The summed E-state index contributed by atoms with van der Waals surface area (Å²) in [7, 11) is 0. The minimum absolute atomic E-state index is 0.413. The highest BCUT2D eigenvalue weighted by molar-refractivity contribution is 5.92. The molecular weight excluding hydrogens is 252 g/mol. The van der Waals surface area contributed by atoms with Gasteiger partial charge in [-0.05, 0) is 30.5 Å². The fraction of sp³-hybridized carbons (Fsp3) is 0.467. The van der Waals surface area contributed by atoms with Crippen LogP contribution in [0.15, 0.2) is 29.3 Å². The number of amides is 1. The molecule has 0 aromatic heterocycles. The highest BCUT2D eigenvalue weighted by atomic mass is 16.1. The van der Waals surface area contributed by atoms with Gasteiger partial charge in [0.25, 0.3) is 0 Å². The van der Waals surface area contributed by atoms with Crippen LogP contribution in [-0.2, 0) is 6.54 Å². The van der Waals surface area contributed by atoms with Crippen LogP contribution in [0.4, 0.5) is 0 Å². The van der Waals surface area contributed by atoms with Crippen molar-refractivity contribution in [3.05, 3.63) is 35.4 Å². The summed E-state index contributed by atoms with van der Waals surface area (Å²) in [6.45, 7) is 2.52. The molecule has 0 aliphatic carbocycles. The van der Waals surface area contributed by atoms with E-state index in [-0.39, 0.29) is 0 Å². The summed E-state index contributed by atoms with van der Waals surface area (Å²) in [5, 5.41) is 0. The Morgan fingerprint density at radius 1 is 1.05 bits per heavy atom. The van der Waals surface area contributed by atoms with Crippen molar-refractivity contribution in [2.45, 2.75) is 32.2 Å². The van der Waals surface area contributed by atoms with E-state index in [9.17, 15) is 4.79 Å². The monoisotopic (exact) mass is 274 g/mol. The number of guanidine groups is 1. The van der Waals surface area contributed by atoms with Gasteiger partial charge in [-0.15, -0.1) is 0 Å². The van der Waals surface area contributed by atoms with Gasteiger partial charge < -0.3 is 16.4 Å². The SMILES string of the molecule is NC(=O)c1ccc(CN=C(N)N2CCCCCC2)cc1. The van der Waals surface area contributed by atoms with E-state index in [0.29, 0.717) is 18.1 Å². The lowest BCUT2D eigenvalue weighted by atomic mass is 10.1. The first-order chi connectivity index (χ1) is 9.66. The van der Waals surface area contributed by atoms with E-state index >= 15 is 0 Å². The third-order valence-corrected chi connectivity index (χ3v) is 3.59. The van der Waals surface area contributed by atoms with E-state index in [1.807, 2.05) is 12.1 Å². The molecule has 0 bridgehead atoms. The predicted octanol–water partition coefficient (Wildman–Crippen LogP) is 1.48. The maximum absolute atomic E-state index is 11.0. The van der Waals surface area contributed by atoms with Gasteiger partial charge in [-0.1, -0.05) is 25.0 Å². The lowest BCUT2D eigenvalue weighted by molar-refractivity contribution is 0.100. The molecule has 5 heteroatoms. The standard InChI is InChI=1S/C15H22N4O/c16-14(20)13-7-5-12(6-8-13)11-18-15(17)19-9-3-1-2-4-10-19/h5-8H,1-4,9-11H2,(H2,16,20)(H2,17,18). The van der Waals surface area contributed by atoms with Crippen molar-refractivity contribution < 1.29 is 4.79 Å².